The van der Waals surface area contributed by atoms with E-state index >= 15 is 0 Å². The minimum Gasteiger partial charge on any atom is -0.353 e. The zero-order valence-electron chi connectivity index (χ0n) is 19.2. The molecule has 0 radical (unpaired) electrons. The fraction of sp³-hybridized carbons (Fsp3) is 0.720. The fourth-order valence-corrected chi connectivity index (χ4v) is 6.26. The van der Waals surface area contributed by atoms with E-state index < -0.39 is 0 Å². The Morgan fingerprint density at radius 3 is 2.58 bits per heavy atom. The van der Waals surface area contributed by atoms with Crippen molar-refractivity contribution in [1.29, 1.82) is 0 Å². The number of nitrogens with zero attached hydrogens (tertiary/aromatic N) is 4. The smallest absolute Gasteiger partial charge is 0.220 e. The molecule has 3 heterocycles. The number of likely N-dealkylation sites (tertiary alicyclic amines) is 1. The molecule has 6 heteroatoms. The topological polar surface area (TPSA) is 62.5 Å². The number of carbonyl (C=O) groups excluding carboxylic acids is 1. The van der Waals surface area contributed by atoms with Crippen LogP contribution in [0.2, 0.25) is 0 Å². The van der Waals surface area contributed by atoms with Crippen molar-refractivity contribution in [2.75, 3.05) is 6.54 Å². The molecule has 0 spiro atoms. The number of carbonyl (C=O) groups is 1. The number of fused-ring (bicyclic) bond motifs is 1. The minimum atomic E-state index is 0.171. The molecule has 5 rings (SSSR count). The van der Waals surface area contributed by atoms with Gasteiger partial charge in [0.2, 0.25) is 5.91 Å². The Morgan fingerprint density at radius 1 is 1.06 bits per heavy atom. The van der Waals surface area contributed by atoms with Gasteiger partial charge in [-0.3, -0.25) is 9.69 Å². The highest BCUT2D eigenvalue weighted by molar-refractivity contribution is 5.76. The van der Waals surface area contributed by atoms with Crippen molar-refractivity contribution in [3.63, 3.8) is 0 Å². The van der Waals surface area contributed by atoms with Crippen LogP contribution in [0.3, 0.4) is 0 Å². The van der Waals surface area contributed by atoms with Gasteiger partial charge in [-0.05, 0) is 70.9 Å². The van der Waals surface area contributed by atoms with Gasteiger partial charge in [0.15, 0.2) is 5.65 Å². The van der Waals surface area contributed by atoms with Gasteiger partial charge in [-0.1, -0.05) is 25.7 Å². The maximum Gasteiger partial charge on any atom is 0.220 e. The van der Waals surface area contributed by atoms with Crippen molar-refractivity contribution in [2.24, 2.45) is 0 Å². The van der Waals surface area contributed by atoms with Crippen LogP contribution in [0.5, 0.6) is 0 Å². The van der Waals surface area contributed by atoms with E-state index in [-0.39, 0.29) is 5.91 Å². The van der Waals surface area contributed by atoms with Crippen molar-refractivity contribution >= 4 is 11.6 Å². The van der Waals surface area contributed by atoms with Gasteiger partial charge >= 0.3 is 0 Å². The van der Waals surface area contributed by atoms with Gasteiger partial charge < -0.3 is 5.32 Å². The zero-order valence-corrected chi connectivity index (χ0v) is 19.2. The molecule has 1 unspecified atom stereocenters. The second-order valence-corrected chi connectivity index (χ2v) is 9.98. The molecule has 1 atom stereocenters. The summed E-state index contributed by atoms with van der Waals surface area (Å²) < 4.78 is 2.03. The summed E-state index contributed by atoms with van der Waals surface area (Å²) >= 11 is 0. The molecule has 0 bridgehead atoms. The lowest BCUT2D eigenvalue weighted by Crippen LogP contribution is -2.33. The van der Waals surface area contributed by atoms with Crippen LogP contribution in [0.15, 0.2) is 6.07 Å². The number of hydrogen-bond donors (Lipinski definition) is 1. The molecule has 3 aliphatic rings. The van der Waals surface area contributed by atoms with Crippen LogP contribution in [-0.4, -0.2) is 44.0 Å². The predicted octanol–water partition coefficient (Wildman–Crippen LogP) is 4.42. The van der Waals surface area contributed by atoms with Crippen molar-refractivity contribution in [3.05, 3.63) is 28.7 Å². The van der Waals surface area contributed by atoms with Crippen LogP contribution >= 0.6 is 0 Å². The Balaban J connectivity index is 1.33. The van der Waals surface area contributed by atoms with E-state index in [2.05, 4.69) is 30.1 Å². The molecular formula is C25H37N5O. The molecule has 2 aliphatic carbocycles. The molecule has 2 saturated carbocycles. The molecule has 3 fully saturated rings. The number of aromatic nitrogens is 3. The van der Waals surface area contributed by atoms with Crippen LogP contribution in [-0.2, 0) is 11.2 Å². The summed E-state index contributed by atoms with van der Waals surface area (Å²) in [5, 5.41) is 8.25. The summed E-state index contributed by atoms with van der Waals surface area (Å²) in [6.45, 7) is 5.41. The van der Waals surface area contributed by atoms with Crippen LogP contribution in [0.4, 0.5) is 0 Å². The highest BCUT2D eigenvalue weighted by atomic mass is 16.1. The van der Waals surface area contributed by atoms with Gasteiger partial charge in [0.05, 0.1) is 11.7 Å². The van der Waals surface area contributed by atoms with Crippen molar-refractivity contribution in [3.8, 4) is 0 Å². The van der Waals surface area contributed by atoms with E-state index in [9.17, 15) is 4.79 Å². The fourth-order valence-electron chi connectivity index (χ4n) is 6.26. The monoisotopic (exact) mass is 423 g/mol. The van der Waals surface area contributed by atoms with Crippen LogP contribution in [0, 0.1) is 13.8 Å². The van der Waals surface area contributed by atoms with E-state index in [1.165, 1.54) is 69.2 Å². The number of aryl methyl sites for hydroxylation is 2. The van der Waals surface area contributed by atoms with Gasteiger partial charge in [-0.15, -0.1) is 0 Å². The van der Waals surface area contributed by atoms with Crippen LogP contribution in [0.1, 0.15) is 99.3 Å². The largest absolute Gasteiger partial charge is 0.353 e. The van der Waals surface area contributed by atoms with Gasteiger partial charge in [0, 0.05) is 36.0 Å². The lowest BCUT2D eigenvalue weighted by molar-refractivity contribution is -0.121. The van der Waals surface area contributed by atoms with Gasteiger partial charge in [0.25, 0.3) is 0 Å². The zero-order chi connectivity index (χ0) is 21.4. The average Bonchev–Trinajstić information content (AvgIpc) is 3.53. The molecule has 168 valence electrons. The van der Waals surface area contributed by atoms with Crippen LogP contribution in [0.25, 0.3) is 5.65 Å². The maximum absolute atomic E-state index is 12.4. The molecule has 1 aliphatic heterocycles. The second-order valence-electron chi connectivity index (χ2n) is 9.98. The number of amides is 1. The Labute approximate surface area is 185 Å². The number of nitrogens with one attached hydrogen (secondary N) is 1. The molecule has 31 heavy (non-hydrogen) atoms. The average molecular weight is 424 g/mol. The summed E-state index contributed by atoms with van der Waals surface area (Å²) in [5.41, 5.74) is 5.46. The molecule has 2 aromatic heterocycles. The van der Waals surface area contributed by atoms with Gasteiger partial charge in [-0.2, -0.15) is 5.10 Å². The van der Waals surface area contributed by atoms with Gasteiger partial charge in [-0.25, -0.2) is 9.50 Å². The summed E-state index contributed by atoms with van der Waals surface area (Å²) in [6.07, 6.45) is 13.9. The first-order valence-electron chi connectivity index (χ1n) is 12.5. The molecular weight excluding hydrogens is 386 g/mol. The Morgan fingerprint density at radius 2 is 1.81 bits per heavy atom. The van der Waals surface area contributed by atoms with Crippen molar-refractivity contribution in [1.82, 2.24) is 24.8 Å². The van der Waals surface area contributed by atoms with Crippen LogP contribution < -0.4 is 5.32 Å². The number of hydrogen-bond acceptors (Lipinski definition) is 4. The first-order chi connectivity index (χ1) is 15.1. The van der Waals surface area contributed by atoms with E-state index in [4.69, 9.17) is 10.1 Å². The Bertz CT molecular complexity index is 939. The molecule has 1 amide bonds. The molecule has 0 aromatic carbocycles. The SMILES string of the molecule is Cc1nc2cc(C3CCCN3C3CCCC3)nn2c(C)c1CCC(=O)NC1CCCC1. The minimum absolute atomic E-state index is 0.171. The first-order valence-corrected chi connectivity index (χ1v) is 12.5. The summed E-state index contributed by atoms with van der Waals surface area (Å²) in [4.78, 5) is 20.0. The van der Waals surface area contributed by atoms with E-state index in [1.54, 1.807) is 0 Å². The third-order valence-electron chi connectivity index (χ3n) is 7.93. The molecule has 6 nitrogen and oxygen atoms in total. The second kappa shape index (κ2) is 8.89. The number of rotatable bonds is 6. The highest BCUT2D eigenvalue weighted by Crippen LogP contribution is 2.38. The highest BCUT2D eigenvalue weighted by Gasteiger charge is 2.34. The van der Waals surface area contributed by atoms with Crippen molar-refractivity contribution in [2.45, 2.75) is 109 Å². The molecule has 2 aromatic rings. The normalized spacial score (nSPS) is 23.4. The summed E-state index contributed by atoms with van der Waals surface area (Å²) in [7, 11) is 0. The standard InChI is InChI=1S/C25H37N5O/c1-17-21(13-14-25(31)27-19-8-3-4-9-19)18(2)30-24(26-17)16-22(28-30)23-12-7-15-29(23)20-10-5-6-11-20/h16,19-20,23H,3-15H2,1-2H3,(H,27,31). The van der Waals surface area contributed by atoms with Gasteiger partial charge in [0.1, 0.15) is 0 Å². The lowest BCUT2D eigenvalue weighted by Gasteiger charge is -2.29. The Hall–Kier alpha value is -1.95. The first kappa shape index (κ1) is 20.9. The predicted molar refractivity (Wildman–Crippen MR) is 122 cm³/mol. The molecule has 1 N–H and O–H groups in total. The summed E-state index contributed by atoms with van der Waals surface area (Å²) in [5.74, 6) is 0.171. The lowest BCUT2D eigenvalue weighted by atomic mass is 10.1. The maximum atomic E-state index is 12.4. The Kier molecular flexibility index (Phi) is 6.00. The third-order valence-corrected chi connectivity index (χ3v) is 7.93. The van der Waals surface area contributed by atoms with E-state index in [0.29, 0.717) is 18.5 Å². The third kappa shape index (κ3) is 4.23. The van der Waals surface area contributed by atoms with E-state index in [1.807, 2.05) is 4.52 Å². The summed E-state index contributed by atoms with van der Waals surface area (Å²) in [6, 6.07) is 3.76. The molecule has 1 saturated heterocycles. The van der Waals surface area contributed by atoms with E-state index in [0.717, 1.165) is 42.3 Å². The van der Waals surface area contributed by atoms with Crippen molar-refractivity contribution < 1.29 is 4.79 Å². The quantitative estimate of drug-likeness (QED) is 0.747.